The highest BCUT2D eigenvalue weighted by Crippen LogP contribution is 2.22. The van der Waals surface area contributed by atoms with Gasteiger partial charge in [0, 0.05) is 44.8 Å². The molecule has 0 aliphatic carbocycles. The van der Waals surface area contributed by atoms with Crippen molar-refractivity contribution >= 4 is 45.5 Å². The minimum atomic E-state index is -0.0673. The zero-order valence-electron chi connectivity index (χ0n) is 16.1. The predicted octanol–water partition coefficient (Wildman–Crippen LogP) is 2.75. The molecular weight excluding hydrogens is 412 g/mol. The molecule has 4 heterocycles. The van der Waals surface area contributed by atoms with Crippen LogP contribution in [0.25, 0.3) is 4.96 Å². The number of nitrogens with one attached hydrogen (secondary N) is 1. The highest BCUT2D eigenvalue weighted by molar-refractivity contribution is 7.15. The number of imidazole rings is 1. The Bertz CT molecular complexity index is 1050. The number of halogens is 1. The molecule has 10 heteroatoms. The molecule has 3 aromatic heterocycles. The number of likely N-dealkylation sites (tertiary alicyclic amines) is 1. The van der Waals surface area contributed by atoms with E-state index in [-0.39, 0.29) is 17.9 Å². The molecule has 0 radical (unpaired) electrons. The Morgan fingerprint density at radius 3 is 2.97 bits per heavy atom. The molecule has 0 spiro atoms. The van der Waals surface area contributed by atoms with Crippen molar-refractivity contribution in [3.63, 3.8) is 0 Å². The molecule has 4 rings (SSSR count). The van der Waals surface area contributed by atoms with E-state index in [4.69, 9.17) is 11.6 Å². The predicted molar refractivity (Wildman–Crippen MR) is 112 cm³/mol. The smallest absolute Gasteiger partial charge is 0.255 e. The van der Waals surface area contributed by atoms with Crippen molar-refractivity contribution in [2.45, 2.75) is 25.9 Å². The zero-order chi connectivity index (χ0) is 20.5. The molecule has 8 nitrogen and oxygen atoms in total. The summed E-state index contributed by atoms with van der Waals surface area (Å²) in [5.41, 5.74) is 1.40. The third kappa shape index (κ3) is 3.92. The number of hydrogen-bond donors (Lipinski definition) is 1. The van der Waals surface area contributed by atoms with Crippen molar-refractivity contribution in [1.29, 1.82) is 0 Å². The van der Waals surface area contributed by atoms with E-state index in [2.05, 4.69) is 15.3 Å². The summed E-state index contributed by atoms with van der Waals surface area (Å²) in [6.07, 6.45) is 4.29. The van der Waals surface area contributed by atoms with Crippen LogP contribution in [-0.4, -0.2) is 62.2 Å². The number of aromatic nitrogens is 3. The molecule has 152 valence electrons. The Hall–Kier alpha value is -2.65. The van der Waals surface area contributed by atoms with E-state index in [0.717, 1.165) is 17.1 Å². The fraction of sp³-hybridized carbons (Fsp3) is 0.368. The number of nitrogens with zero attached hydrogens (tertiary/aromatic N) is 5. The fourth-order valence-corrected chi connectivity index (χ4v) is 4.47. The largest absolute Gasteiger partial charge is 0.364 e. The molecule has 0 bridgehead atoms. The van der Waals surface area contributed by atoms with Gasteiger partial charge in [0.2, 0.25) is 5.91 Å². The topological polar surface area (TPSA) is 82.8 Å². The van der Waals surface area contributed by atoms with E-state index in [1.807, 2.05) is 16.0 Å². The maximum absolute atomic E-state index is 12.7. The van der Waals surface area contributed by atoms with Crippen molar-refractivity contribution in [3.05, 3.63) is 46.3 Å². The van der Waals surface area contributed by atoms with Crippen LogP contribution >= 0.6 is 22.9 Å². The van der Waals surface area contributed by atoms with Crippen LogP contribution in [0.2, 0.25) is 5.15 Å². The van der Waals surface area contributed by atoms with Crippen LogP contribution in [0, 0.1) is 0 Å². The zero-order valence-corrected chi connectivity index (χ0v) is 17.7. The van der Waals surface area contributed by atoms with Crippen molar-refractivity contribution in [2.24, 2.45) is 0 Å². The molecule has 1 saturated heterocycles. The Kier molecular flexibility index (Phi) is 5.42. The number of hydrogen-bond acceptors (Lipinski definition) is 6. The third-order valence-corrected chi connectivity index (χ3v) is 6.31. The van der Waals surface area contributed by atoms with Gasteiger partial charge in [0.25, 0.3) is 5.91 Å². The molecule has 0 unspecified atom stereocenters. The summed E-state index contributed by atoms with van der Waals surface area (Å²) in [7, 11) is 1.78. The van der Waals surface area contributed by atoms with Gasteiger partial charge in [-0.2, -0.15) is 0 Å². The first-order chi connectivity index (χ1) is 13.9. The van der Waals surface area contributed by atoms with Crippen molar-refractivity contribution < 1.29 is 9.59 Å². The van der Waals surface area contributed by atoms with Gasteiger partial charge in [0.1, 0.15) is 5.82 Å². The van der Waals surface area contributed by atoms with E-state index in [9.17, 15) is 9.59 Å². The van der Waals surface area contributed by atoms with Gasteiger partial charge in [-0.05, 0) is 18.6 Å². The average Bonchev–Trinajstić information content (AvgIpc) is 3.42. The van der Waals surface area contributed by atoms with Gasteiger partial charge < -0.3 is 15.1 Å². The lowest BCUT2D eigenvalue weighted by molar-refractivity contribution is -0.129. The molecule has 0 aromatic carbocycles. The summed E-state index contributed by atoms with van der Waals surface area (Å²) in [4.78, 5) is 37.3. The van der Waals surface area contributed by atoms with Gasteiger partial charge in [-0.3, -0.25) is 14.0 Å². The van der Waals surface area contributed by atoms with Gasteiger partial charge >= 0.3 is 0 Å². The van der Waals surface area contributed by atoms with Crippen molar-refractivity contribution in [1.82, 2.24) is 24.2 Å². The Morgan fingerprint density at radius 2 is 2.24 bits per heavy atom. The van der Waals surface area contributed by atoms with Crippen molar-refractivity contribution in [2.75, 3.05) is 25.5 Å². The highest BCUT2D eigenvalue weighted by Gasteiger charge is 2.30. The van der Waals surface area contributed by atoms with E-state index < -0.39 is 0 Å². The first kappa shape index (κ1) is 19.7. The summed E-state index contributed by atoms with van der Waals surface area (Å²) >= 11 is 7.73. The normalized spacial score (nSPS) is 16.4. The standard InChI is InChI=1S/C19H21ClN6O2S/c1-12(27)24(2)14-5-6-25(11-14)18(28)13-3-4-16(21-9-13)22-10-15-17(20)23-19-26(15)7-8-29-19/h3-4,7-9,14H,5-6,10-11H2,1-2H3,(H,21,22)/t14-/m0/s1. The molecule has 1 aliphatic heterocycles. The second-order valence-electron chi connectivity index (χ2n) is 7.01. The van der Waals surface area contributed by atoms with Crippen LogP contribution in [0.3, 0.4) is 0 Å². The molecule has 0 saturated carbocycles. The first-order valence-electron chi connectivity index (χ1n) is 9.26. The molecule has 29 heavy (non-hydrogen) atoms. The van der Waals surface area contributed by atoms with E-state index in [0.29, 0.717) is 36.2 Å². The van der Waals surface area contributed by atoms with Gasteiger partial charge in [-0.15, -0.1) is 11.3 Å². The van der Waals surface area contributed by atoms with Crippen LogP contribution in [0.1, 0.15) is 29.4 Å². The van der Waals surface area contributed by atoms with Gasteiger partial charge in [-0.25, -0.2) is 9.97 Å². The minimum Gasteiger partial charge on any atom is -0.364 e. The molecule has 3 aromatic rings. The monoisotopic (exact) mass is 432 g/mol. The summed E-state index contributed by atoms with van der Waals surface area (Å²) < 4.78 is 1.94. The van der Waals surface area contributed by atoms with Crippen LogP contribution in [0.4, 0.5) is 5.82 Å². The lowest BCUT2D eigenvalue weighted by Gasteiger charge is -2.23. The Labute approximate surface area is 177 Å². The molecule has 1 atom stereocenters. The van der Waals surface area contributed by atoms with Gasteiger partial charge in [0.15, 0.2) is 10.1 Å². The second-order valence-corrected chi connectivity index (χ2v) is 8.25. The van der Waals surface area contributed by atoms with Crippen LogP contribution in [0.5, 0.6) is 0 Å². The molecular formula is C19H21ClN6O2S. The van der Waals surface area contributed by atoms with Gasteiger partial charge in [0.05, 0.1) is 23.8 Å². The number of amides is 2. The third-order valence-electron chi connectivity index (χ3n) is 5.25. The number of thiazole rings is 1. The number of fused-ring (bicyclic) bond motifs is 1. The van der Waals surface area contributed by atoms with Crippen LogP contribution in [-0.2, 0) is 11.3 Å². The second kappa shape index (κ2) is 8.00. The minimum absolute atomic E-state index is 0.0133. The molecule has 1 fully saturated rings. The van der Waals surface area contributed by atoms with Crippen LogP contribution in [0.15, 0.2) is 29.9 Å². The van der Waals surface area contributed by atoms with Crippen molar-refractivity contribution in [3.8, 4) is 0 Å². The SMILES string of the molecule is CC(=O)N(C)[C@H]1CCN(C(=O)c2ccc(NCc3c(Cl)nc4sccn34)nc2)C1. The maximum Gasteiger partial charge on any atom is 0.255 e. The highest BCUT2D eigenvalue weighted by atomic mass is 35.5. The van der Waals surface area contributed by atoms with E-state index in [1.165, 1.54) is 11.3 Å². The van der Waals surface area contributed by atoms with Gasteiger partial charge in [-0.1, -0.05) is 11.6 Å². The number of anilines is 1. The molecule has 2 amide bonds. The fourth-order valence-electron chi connectivity index (χ4n) is 3.45. The number of pyridine rings is 1. The lowest BCUT2D eigenvalue weighted by atomic mass is 10.2. The Balaban J connectivity index is 1.38. The Morgan fingerprint density at radius 1 is 1.41 bits per heavy atom. The quantitative estimate of drug-likeness (QED) is 0.670. The lowest BCUT2D eigenvalue weighted by Crippen LogP contribution is -2.38. The number of rotatable bonds is 5. The number of carbonyl (C=O) groups excluding carboxylic acids is 2. The summed E-state index contributed by atoms with van der Waals surface area (Å²) in [5.74, 6) is 0.597. The number of likely N-dealkylation sites (N-methyl/N-ethyl adjacent to an activating group) is 1. The molecule has 1 aliphatic rings. The summed E-state index contributed by atoms with van der Waals surface area (Å²) in [6, 6.07) is 3.61. The maximum atomic E-state index is 12.7. The summed E-state index contributed by atoms with van der Waals surface area (Å²) in [6.45, 7) is 3.20. The average molecular weight is 433 g/mol. The summed E-state index contributed by atoms with van der Waals surface area (Å²) in [5, 5.41) is 5.64. The first-order valence-corrected chi connectivity index (χ1v) is 10.5. The van der Waals surface area contributed by atoms with E-state index in [1.54, 1.807) is 42.1 Å². The van der Waals surface area contributed by atoms with E-state index >= 15 is 0 Å². The molecule has 1 N–H and O–H groups in total. The number of carbonyl (C=O) groups is 2. The van der Waals surface area contributed by atoms with Crippen LogP contribution < -0.4 is 5.32 Å².